The average molecular weight is 480 g/mol. The summed E-state index contributed by atoms with van der Waals surface area (Å²) in [5.74, 6) is -1.05. The molecular weight excluding hydrogens is 470 g/mol. The van der Waals surface area contributed by atoms with Gasteiger partial charge < -0.3 is 5.11 Å². The van der Waals surface area contributed by atoms with E-state index in [-0.39, 0.29) is 11.1 Å². The molecule has 0 saturated carbocycles. The predicted molar refractivity (Wildman–Crippen MR) is 91.6 cm³/mol. The predicted octanol–water partition coefficient (Wildman–Crippen LogP) is 4.44. The number of aryl methyl sites for hydroxylation is 1. The highest BCUT2D eigenvalue weighted by atomic mass is 79.9. The van der Waals surface area contributed by atoms with E-state index in [9.17, 15) is 14.7 Å². The smallest absolute Gasteiger partial charge is 0.337 e. The monoisotopic (exact) mass is 477 g/mol. The van der Waals surface area contributed by atoms with Crippen molar-refractivity contribution in [1.29, 1.82) is 0 Å². The maximum absolute atomic E-state index is 12.3. The van der Waals surface area contributed by atoms with Gasteiger partial charge >= 0.3 is 5.97 Å². The first-order valence-electron chi connectivity index (χ1n) is 5.85. The quantitative estimate of drug-likeness (QED) is 0.692. The van der Waals surface area contributed by atoms with Crippen molar-refractivity contribution in [2.24, 2.45) is 0 Å². The van der Waals surface area contributed by atoms with Gasteiger partial charge in [0.15, 0.2) is 0 Å². The Bertz CT molecular complexity index is 789. The first-order valence-corrected chi connectivity index (χ1v) is 8.23. The highest BCUT2D eigenvalue weighted by Crippen LogP contribution is 2.33. The first-order chi connectivity index (χ1) is 9.73. The van der Waals surface area contributed by atoms with Crippen LogP contribution in [0.4, 0.5) is 0 Å². The molecule has 0 saturated heterocycles. The van der Waals surface area contributed by atoms with Crippen LogP contribution >= 0.6 is 47.8 Å². The molecule has 4 nitrogen and oxygen atoms in total. The summed E-state index contributed by atoms with van der Waals surface area (Å²) in [4.78, 5) is 23.8. The molecule has 1 aromatic heterocycles. The number of halogens is 3. The summed E-state index contributed by atoms with van der Waals surface area (Å²) in [5, 5.41) is 9.35. The van der Waals surface area contributed by atoms with Crippen molar-refractivity contribution in [2.75, 3.05) is 0 Å². The third kappa shape index (κ3) is 3.00. The Morgan fingerprint density at radius 1 is 1.10 bits per heavy atom. The van der Waals surface area contributed by atoms with Gasteiger partial charge in [0, 0.05) is 25.2 Å². The number of carboxylic acid groups (broad SMARTS) is 1. The van der Waals surface area contributed by atoms with Crippen LogP contribution < -0.4 is 5.56 Å². The minimum atomic E-state index is -1.05. The molecule has 1 heterocycles. The van der Waals surface area contributed by atoms with Crippen molar-refractivity contribution >= 4 is 53.8 Å². The molecule has 0 amide bonds. The molecule has 0 bridgehead atoms. The third-order valence-corrected chi connectivity index (χ3v) is 4.74. The van der Waals surface area contributed by atoms with Gasteiger partial charge in [0.25, 0.3) is 5.56 Å². The van der Waals surface area contributed by atoms with Crippen molar-refractivity contribution in [3.05, 3.63) is 58.8 Å². The number of pyridine rings is 1. The number of carboxylic acids is 1. The first kappa shape index (κ1) is 16.5. The van der Waals surface area contributed by atoms with Crippen LogP contribution in [0.1, 0.15) is 21.6 Å². The summed E-state index contributed by atoms with van der Waals surface area (Å²) >= 11 is 10.2. The van der Waals surface area contributed by atoms with Gasteiger partial charge in [-0.3, -0.25) is 9.36 Å². The van der Waals surface area contributed by atoms with Gasteiger partial charge in [-0.1, -0.05) is 15.9 Å². The molecule has 21 heavy (non-hydrogen) atoms. The van der Waals surface area contributed by atoms with Gasteiger partial charge in [0.05, 0.1) is 11.3 Å². The average Bonchev–Trinajstić information content (AvgIpc) is 2.30. The second kappa shape index (κ2) is 6.06. The molecule has 2 aromatic rings. The Labute approximate surface area is 146 Å². The number of hydrogen-bond acceptors (Lipinski definition) is 2. The number of benzene rings is 1. The van der Waals surface area contributed by atoms with Crippen molar-refractivity contribution in [2.45, 2.75) is 13.8 Å². The second-order valence-electron chi connectivity index (χ2n) is 4.48. The number of rotatable bonds is 2. The Morgan fingerprint density at radius 2 is 1.62 bits per heavy atom. The van der Waals surface area contributed by atoms with Gasteiger partial charge in [-0.15, -0.1) is 0 Å². The van der Waals surface area contributed by atoms with Crippen LogP contribution in [0.5, 0.6) is 0 Å². The molecule has 110 valence electrons. The zero-order valence-corrected chi connectivity index (χ0v) is 15.8. The van der Waals surface area contributed by atoms with Crippen molar-refractivity contribution < 1.29 is 9.90 Å². The van der Waals surface area contributed by atoms with Crippen LogP contribution in [0.2, 0.25) is 0 Å². The van der Waals surface area contributed by atoms with Crippen LogP contribution in [-0.4, -0.2) is 15.6 Å². The summed E-state index contributed by atoms with van der Waals surface area (Å²) < 4.78 is 3.57. The lowest BCUT2D eigenvalue weighted by Crippen LogP contribution is -2.24. The van der Waals surface area contributed by atoms with E-state index in [1.165, 1.54) is 10.6 Å². The SMILES string of the molecule is Cc1cc(=O)n(-c2c(Br)cc(Br)cc2Br)c(C)c1C(=O)O. The molecule has 0 aliphatic heterocycles. The van der Waals surface area contributed by atoms with Crippen LogP contribution in [0, 0.1) is 13.8 Å². The van der Waals surface area contributed by atoms with E-state index in [2.05, 4.69) is 47.8 Å². The van der Waals surface area contributed by atoms with E-state index < -0.39 is 5.97 Å². The highest BCUT2D eigenvalue weighted by Gasteiger charge is 2.19. The molecule has 0 atom stereocenters. The van der Waals surface area contributed by atoms with Crippen molar-refractivity contribution in [1.82, 2.24) is 4.57 Å². The van der Waals surface area contributed by atoms with E-state index in [4.69, 9.17) is 0 Å². The summed E-state index contributed by atoms with van der Waals surface area (Å²) in [5.41, 5.74) is 1.26. The van der Waals surface area contributed by atoms with Gasteiger partial charge in [-0.25, -0.2) is 4.79 Å². The molecule has 2 rings (SSSR count). The lowest BCUT2D eigenvalue weighted by molar-refractivity contribution is 0.0694. The second-order valence-corrected chi connectivity index (χ2v) is 7.11. The van der Waals surface area contributed by atoms with E-state index in [0.29, 0.717) is 25.9 Å². The highest BCUT2D eigenvalue weighted by molar-refractivity contribution is 9.11. The summed E-state index contributed by atoms with van der Waals surface area (Å²) in [6.45, 7) is 3.24. The van der Waals surface area contributed by atoms with Gasteiger partial charge in [-0.2, -0.15) is 0 Å². The Hall–Kier alpha value is -0.920. The van der Waals surface area contributed by atoms with Crippen LogP contribution in [0.15, 0.2) is 36.4 Å². The maximum atomic E-state index is 12.3. The van der Waals surface area contributed by atoms with E-state index in [1.54, 1.807) is 26.0 Å². The maximum Gasteiger partial charge on any atom is 0.337 e. The van der Waals surface area contributed by atoms with E-state index in [1.807, 2.05) is 0 Å². The summed E-state index contributed by atoms with van der Waals surface area (Å²) in [6.07, 6.45) is 0. The fourth-order valence-electron chi connectivity index (χ4n) is 2.23. The lowest BCUT2D eigenvalue weighted by atomic mass is 10.1. The van der Waals surface area contributed by atoms with Crippen LogP contribution in [-0.2, 0) is 0 Å². The molecule has 0 radical (unpaired) electrons. The number of hydrogen-bond donors (Lipinski definition) is 1. The molecule has 0 unspecified atom stereocenters. The van der Waals surface area contributed by atoms with Gasteiger partial charge in [0.2, 0.25) is 0 Å². The molecule has 0 spiro atoms. The van der Waals surface area contributed by atoms with Crippen molar-refractivity contribution in [3.63, 3.8) is 0 Å². The Balaban J connectivity index is 2.92. The van der Waals surface area contributed by atoms with Crippen LogP contribution in [0.25, 0.3) is 5.69 Å². The minimum Gasteiger partial charge on any atom is -0.478 e. The largest absolute Gasteiger partial charge is 0.478 e. The Kier molecular flexibility index (Phi) is 4.75. The molecule has 1 N–H and O–H groups in total. The standard InChI is InChI=1S/C14H10Br3NO3/c1-6-3-11(19)18(7(2)12(6)14(20)21)13-9(16)4-8(15)5-10(13)17/h3-5H,1-2H3,(H,20,21). The zero-order chi connectivity index (χ0) is 15.9. The van der Waals surface area contributed by atoms with Gasteiger partial charge in [0.1, 0.15) is 0 Å². The fourth-order valence-corrected chi connectivity index (χ4v) is 4.85. The number of nitrogens with zero attached hydrogens (tertiary/aromatic N) is 1. The normalized spacial score (nSPS) is 10.7. The van der Waals surface area contributed by atoms with Crippen molar-refractivity contribution in [3.8, 4) is 5.69 Å². The topological polar surface area (TPSA) is 59.3 Å². The van der Waals surface area contributed by atoms with Crippen LogP contribution in [0.3, 0.4) is 0 Å². The third-order valence-electron chi connectivity index (χ3n) is 3.07. The molecule has 0 aliphatic carbocycles. The molecular formula is C14H10Br3NO3. The molecule has 0 aliphatic rings. The Morgan fingerprint density at radius 3 is 2.10 bits per heavy atom. The molecule has 0 fully saturated rings. The number of carbonyl (C=O) groups is 1. The molecule has 7 heteroatoms. The minimum absolute atomic E-state index is 0.135. The van der Waals surface area contributed by atoms with E-state index >= 15 is 0 Å². The number of aromatic carboxylic acids is 1. The van der Waals surface area contributed by atoms with Gasteiger partial charge in [-0.05, 0) is 63.4 Å². The lowest BCUT2D eigenvalue weighted by Gasteiger charge is -2.17. The fraction of sp³-hybridized carbons (Fsp3) is 0.143. The number of aromatic nitrogens is 1. The summed E-state index contributed by atoms with van der Waals surface area (Å²) in [7, 11) is 0. The zero-order valence-electron chi connectivity index (χ0n) is 11.1. The molecule has 1 aromatic carbocycles. The van der Waals surface area contributed by atoms with E-state index in [0.717, 1.165) is 4.47 Å². The summed E-state index contributed by atoms with van der Waals surface area (Å²) in [6, 6.07) is 4.93.